The predicted octanol–water partition coefficient (Wildman–Crippen LogP) is 1.58. The van der Waals surface area contributed by atoms with Gasteiger partial charge in [-0.1, -0.05) is 30.3 Å². The van der Waals surface area contributed by atoms with Crippen LogP contribution in [0.15, 0.2) is 47.3 Å². The van der Waals surface area contributed by atoms with Gasteiger partial charge in [-0.05, 0) is 0 Å². The highest BCUT2D eigenvalue weighted by atomic mass is 16.6. The van der Waals surface area contributed by atoms with E-state index in [1.165, 1.54) is 0 Å². The predicted molar refractivity (Wildman–Crippen MR) is 62.0 cm³/mol. The van der Waals surface area contributed by atoms with E-state index in [1.54, 1.807) is 18.2 Å². The van der Waals surface area contributed by atoms with Gasteiger partial charge in [0.15, 0.2) is 0 Å². The topological polar surface area (TPSA) is 51.2 Å². The van der Waals surface area contributed by atoms with Gasteiger partial charge in [0, 0.05) is 11.6 Å². The van der Waals surface area contributed by atoms with Crippen molar-refractivity contribution in [2.75, 3.05) is 13.2 Å². The number of ketones is 1. The molecule has 2 heterocycles. The number of carbonyl (C=O) groups excluding carboxylic acids is 1. The van der Waals surface area contributed by atoms with Crippen LogP contribution in [0.3, 0.4) is 0 Å². The Hall–Kier alpha value is -1.94. The fourth-order valence-electron chi connectivity index (χ4n) is 1.50. The molecule has 0 N–H and O–H groups in total. The maximum atomic E-state index is 11.9. The van der Waals surface area contributed by atoms with E-state index >= 15 is 0 Å². The summed E-state index contributed by atoms with van der Waals surface area (Å²) in [5, 5.41) is 0. The molecule has 3 rings (SSSR count). The molecule has 1 aromatic rings. The molecule has 1 fully saturated rings. The van der Waals surface area contributed by atoms with Crippen LogP contribution in [-0.2, 0) is 9.47 Å². The van der Waals surface area contributed by atoms with Crippen molar-refractivity contribution in [3.05, 3.63) is 47.9 Å². The summed E-state index contributed by atoms with van der Waals surface area (Å²) in [6, 6.07) is 9.08. The number of hydrogen-bond donors (Lipinski definition) is 0. The van der Waals surface area contributed by atoms with Gasteiger partial charge in [-0.3, -0.25) is 4.79 Å². The van der Waals surface area contributed by atoms with Crippen LogP contribution in [0.25, 0.3) is 0 Å². The zero-order valence-corrected chi connectivity index (χ0v) is 9.13. The Morgan fingerprint density at radius 2 is 2.12 bits per heavy atom. The average Bonchev–Trinajstić information content (AvgIpc) is 3.12. The summed E-state index contributed by atoms with van der Waals surface area (Å²) in [6.07, 6.45) is 1.87. The maximum Gasteiger partial charge on any atom is 0.216 e. The van der Waals surface area contributed by atoms with Crippen LogP contribution in [0.1, 0.15) is 10.4 Å². The van der Waals surface area contributed by atoms with Crippen LogP contribution in [-0.4, -0.2) is 30.8 Å². The molecular formula is C13H11NO3. The molecule has 2 aliphatic heterocycles. The molecule has 1 aromatic carbocycles. The molecule has 17 heavy (non-hydrogen) atoms. The molecule has 1 saturated heterocycles. The SMILES string of the molecule is O=C(C1=NC(OCC2CO2)=C1)c1ccccc1. The first-order valence-electron chi connectivity index (χ1n) is 5.47. The van der Waals surface area contributed by atoms with Gasteiger partial charge in [-0.15, -0.1) is 0 Å². The Balaban J connectivity index is 1.57. The van der Waals surface area contributed by atoms with Crippen LogP contribution >= 0.6 is 0 Å². The van der Waals surface area contributed by atoms with E-state index in [0.717, 1.165) is 6.61 Å². The van der Waals surface area contributed by atoms with Crippen molar-refractivity contribution >= 4 is 11.5 Å². The smallest absolute Gasteiger partial charge is 0.216 e. The Labute approximate surface area is 98.6 Å². The molecule has 0 aliphatic carbocycles. The summed E-state index contributed by atoms with van der Waals surface area (Å²) >= 11 is 0. The van der Waals surface area contributed by atoms with Crippen molar-refractivity contribution in [1.82, 2.24) is 0 Å². The minimum atomic E-state index is -0.0689. The van der Waals surface area contributed by atoms with Gasteiger partial charge in [0.05, 0.1) is 6.61 Å². The van der Waals surface area contributed by atoms with E-state index in [2.05, 4.69) is 4.99 Å². The van der Waals surface area contributed by atoms with E-state index in [-0.39, 0.29) is 11.9 Å². The van der Waals surface area contributed by atoms with E-state index < -0.39 is 0 Å². The third-order valence-electron chi connectivity index (χ3n) is 2.58. The van der Waals surface area contributed by atoms with Crippen LogP contribution in [0.4, 0.5) is 0 Å². The van der Waals surface area contributed by atoms with Gasteiger partial charge in [0.25, 0.3) is 0 Å². The number of aliphatic imine (C=N–C) groups is 1. The third-order valence-corrected chi connectivity index (χ3v) is 2.58. The summed E-state index contributed by atoms with van der Waals surface area (Å²) in [5.41, 5.74) is 1.09. The molecule has 1 atom stereocenters. The normalized spacial score (nSPS) is 21.1. The van der Waals surface area contributed by atoms with Gasteiger partial charge in [-0.25, -0.2) is 4.99 Å². The number of rotatable bonds is 5. The number of allylic oxidation sites excluding steroid dienone is 1. The van der Waals surface area contributed by atoms with Crippen molar-refractivity contribution in [3.63, 3.8) is 0 Å². The van der Waals surface area contributed by atoms with Crippen LogP contribution in [0, 0.1) is 0 Å². The summed E-state index contributed by atoms with van der Waals surface area (Å²) < 4.78 is 10.3. The average molecular weight is 229 g/mol. The molecule has 0 spiro atoms. The highest BCUT2D eigenvalue weighted by Gasteiger charge is 2.26. The Morgan fingerprint density at radius 3 is 2.76 bits per heavy atom. The minimum absolute atomic E-state index is 0.0689. The van der Waals surface area contributed by atoms with Crippen LogP contribution in [0.5, 0.6) is 0 Å². The molecule has 0 saturated carbocycles. The highest BCUT2D eigenvalue weighted by Crippen LogP contribution is 2.18. The highest BCUT2D eigenvalue weighted by molar-refractivity contribution is 6.51. The minimum Gasteiger partial charge on any atom is -0.475 e. The number of nitrogens with zero attached hydrogens (tertiary/aromatic N) is 1. The lowest BCUT2D eigenvalue weighted by Gasteiger charge is -2.13. The Morgan fingerprint density at radius 1 is 1.41 bits per heavy atom. The van der Waals surface area contributed by atoms with Gasteiger partial charge >= 0.3 is 0 Å². The molecule has 86 valence electrons. The first-order chi connectivity index (χ1) is 8.33. The molecule has 0 amide bonds. The lowest BCUT2D eigenvalue weighted by Crippen LogP contribution is -2.19. The van der Waals surface area contributed by atoms with Crippen LogP contribution < -0.4 is 0 Å². The third kappa shape index (κ3) is 2.26. The van der Waals surface area contributed by atoms with E-state index in [9.17, 15) is 4.79 Å². The quantitative estimate of drug-likeness (QED) is 0.569. The van der Waals surface area contributed by atoms with Crippen molar-refractivity contribution in [1.29, 1.82) is 0 Å². The van der Waals surface area contributed by atoms with Gasteiger partial charge < -0.3 is 9.47 Å². The maximum absolute atomic E-state index is 11.9. The Kier molecular flexibility index (Phi) is 2.49. The fraction of sp³-hybridized carbons (Fsp3) is 0.231. The lowest BCUT2D eigenvalue weighted by molar-refractivity contribution is 0.106. The second-order valence-electron chi connectivity index (χ2n) is 3.94. The molecule has 2 aliphatic rings. The standard InChI is InChI=1S/C13H11NO3/c15-13(9-4-2-1-3-5-9)11-6-12(14-11)17-8-10-7-16-10/h1-6,10H,7-8H2. The molecule has 4 nitrogen and oxygen atoms in total. The number of carbonyl (C=O) groups is 1. The fourth-order valence-corrected chi connectivity index (χ4v) is 1.50. The summed E-state index contributed by atoms with van der Waals surface area (Å²) in [4.78, 5) is 15.9. The summed E-state index contributed by atoms with van der Waals surface area (Å²) in [6.45, 7) is 1.27. The van der Waals surface area contributed by atoms with Crippen molar-refractivity contribution in [2.45, 2.75) is 6.10 Å². The van der Waals surface area contributed by atoms with E-state index in [0.29, 0.717) is 23.8 Å². The molecule has 0 aromatic heterocycles. The largest absolute Gasteiger partial charge is 0.475 e. The number of Topliss-reactive ketones (excluding diaryl/α,β-unsaturated/α-hetero) is 1. The van der Waals surface area contributed by atoms with Gasteiger partial charge in [-0.2, -0.15) is 0 Å². The summed E-state index contributed by atoms with van der Waals surface area (Å²) in [5.74, 6) is 0.445. The second kappa shape index (κ2) is 4.14. The molecule has 1 unspecified atom stereocenters. The molecule has 0 radical (unpaired) electrons. The van der Waals surface area contributed by atoms with Gasteiger partial charge in [0.2, 0.25) is 11.7 Å². The second-order valence-corrected chi connectivity index (χ2v) is 3.94. The monoisotopic (exact) mass is 229 g/mol. The zero-order valence-electron chi connectivity index (χ0n) is 9.13. The van der Waals surface area contributed by atoms with E-state index in [1.807, 2.05) is 18.2 Å². The van der Waals surface area contributed by atoms with E-state index in [4.69, 9.17) is 9.47 Å². The Bertz CT molecular complexity index is 501. The zero-order chi connectivity index (χ0) is 11.7. The molecule has 0 bridgehead atoms. The van der Waals surface area contributed by atoms with Crippen molar-refractivity contribution in [3.8, 4) is 0 Å². The number of benzene rings is 1. The van der Waals surface area contributed by atoms with Crippen molar-refractivity contribution < 1.29 is 14.3 Å². The lowest BCUT2D eigenvalue weighted by atomic mass is 10.1. The van der Waals surface area contributed by atoms with Gasteiger partial charge in [0.1, 0.15) is 18.4 Å². The molecule has 4 heteroatoms. The number of hydrogen-bond acceptors (Lipinski definition) is 4. The van der Waals surface area contributed by atoms with Crippen molar-refractivity contribution in [2.24, 2.45) is 4.99 Å². The first-order valence-corrected chi connectivity index (χ1v) is 5.47. The first kappa shape index (κ1) is 10.2. The summed E-state index contributed by atoms with van der Waals surface area (Å²) in [7, 11) is 0. The molecular weight excluding hydrogens is 218 g/mol. The number of ether oxygens (including phenoxy) is 2. The number of epoxide rings is 1. The van der Waals surface area contributed by atoms with Crippen LogP contribution in [0.2, 0.25) is 0 Å².